The van der Waals surface area contributed by atoms with E-state index in [4.69, 9.17) is 5.73 Å². The maximum Gasteiger partial charge on any atom is 0.264 e. The van der Waals surface area contributed by atoms with Gasteiger partial charge in [-0.2, -0.15) is 0 Å². The molecule has 5 heteroatoms. The van der Waals surface area contributed by atoms with E-state index in [1.54, 1.807) is 12.1 Å². The highest BCUT2D eigenvalue weighted by Crippen LogP contribution is 2.32. The smallest absolute Gasteiger partial charge is 0.264 e. The van der Waals surface area contributed by atoms with Crippen molar-refractivity contribution in [2.45, 2.75) is 32.4 Å². The molecule has 0 atom stereocenters. The van der Waals surface area contributed by atoms with Crippen molar-refractivity contribution in [3.63, 3.8) is 0 Å². The van der Waals surface area contributed by atoms with Crippen LogP contribution in [0, 0.1) is 12.7 Å². The lowest BCUT2D eigenvalue weighted by Crippen LogP contribution is -2.32. The van der Waals surface area contributed by atoms with E-state index in [1.165, 1.54) is 23.5 Å². The first-order chi connectivity index (χ1) is 10.0. The second-order valence-corrected chi connectivity index (χ2v) is 6.67. The number of nitrogens with two attached hydrogens (primary N) is 1. The van der Waals surface area contributed by atoms with Crippen molar-refractivity contribution in [2.24, 2.45) is 0 Å². The van der Waals surface area contributed by atoms with Crippen molar-refractivity contribution in [2.75, 3.05) is 5.73 Å². The SMILES string of the molecule is Cc1sc(C(=O)N(Cc2cccc(F)c2)C2CC2)cc1N. The number of benzene rings is 1. The van der Waals surface area contributed by atoms with Gasteiger partial charge in [-0.25, -0.2) is 4.39 Å². The van der Waals surface area contributed by atoms with Crippen molar-refractivity contribution < 1.29 is 9.18 Å². The van der Waals surface area contributed by atoms with Crippen LogP contribution in [-0.2, 0) is 6.54 Å². The van der Waals surface area contributed by atoms with Gasteiger partial charge in [-0.3, -0.25) is 4.79 Å². The standard InChI is InChI=1S/C16H17FN2OS/c1-10-14(18)8-15(21-10)16(20)19(13-5-6-13)9-11-3-2-4-12(17)7-11/h2-4,7-8,13H,5-6,9,18H2,1H3. The topological polar surface area (TPSA) is 46.3 Å². The third kappa shape index (κ3) is 3.08. The van der Waals surface area contributed by atoms with Gasteiger partial charge < -0.3 is 10.6 Å². The molecule has 3 rings (SSSR count). The summed E-state index contributed by atoms with van der Waals surface area (Å²) in [6.45, 7) is 2.35. The summed E-state index contributed by atoms with van der Waals surface area (Å²) < 4.78 is 13.3. The van der Waals surface area contributed by atoms with Crippen molar-refractivity contribution in [3.05, 3.63) is 51.5 Å². The summed E-state index contributed by atoms with van der Waals surface area (Å²) >= 11 is 1.42. The number of carbonyl (C=O) groups excluding carboxylic acids is 1. The van der Waals surface area contributed by atoms with Gasteiger partial charge in [0.15, 0.2) is 0 Å². The van der Waals surface area contributed by atoms with Crippen LogP contribution in [-0.4, -0.2) is 16.8 Å². The molecule has 2 aromatic rings. The fourth-order valence-electron chi connectivity index (χ4n) is 2.33. The van der Waals surface area contributed by atoms with Crippen LogP contribution in [0.15, 0.2) is 30.3 Å². The van der Waals surface area contributed by atoms with Crippen LogP contribution in [0.4, 0.5) is 10.1 Å². The number of amides is 1. The lowest BCUT2D eigenvalue weighted by atomic mass is 10.2. The van der Waals surface area contributed by atoms with Gasteiger partial charge in [0.05, 0.1) is 4.88 Å². The summed E-state index contributed by atoms with van der Waals surface area (Å²) in [6, 6.07) is 8.42. The predicted molar refractivity (Wildman–Crippen MR) is 82.8 cm³/mol. The normalized spacial score (nSPS) is 14.2. The summed E-state index contributed by atoms with van der Waals surface area (Å²) in [5.41, 5.74) is 7.31. The summed E-state index contributed by atoms with van der Waals surface area (Å²) in [5, 5.41) is 0. The van der Waals surface area contributed by atoms with Crippen LogP contribution >= 0.6 is 11.3 Å². The van der Waals surface area contributed by atoms with Crippen molar-refractivity contribution in [3.8, 4) is 0 Å². The summed E-state index contributed by atoms with van der Waals surface area (Å²) in [7, 11) is 0. The number of carbonyl (C=O) groups is 1. The van der Waals surface area contributed by atoms with Crippen LogP contribution in [0.2, 0.25) is 0 Å². The number of aryl methyl sites for hydroxylation is 1. The Kier molecular flexibility index (Phi) is 3.68. The Labute approximate surface area is 127 Å². The van der Waals surface area contributed by atoms with Crippen LogP contribution in [0.25, 0.3) is 0 Å². The third-order valence-corrected chi connectivity index (χ3v) is 4.71. The highest BCUT2D eigenvalue weighted by Gasteiger charge is 2.33. The Morgan fingerprint density at radius 1 is 1.43 bits per heavy atom. The first-order valence-corrected chi connectivity index (χ1v) is 7.77. The van der Waals surface area contributed by atoms with Gasteiger partial charge in [-0.1, -0.05) is 12.1 Å². The Balaban J connectivity index is 1.83. The lowest BCUT2D eigenvalue weighted by Gasteiger charge is -2.22. The molecule has 0 aliphatic heterocycles. The number of thiophene rings is 1. The van der Waals surface area contributed by atoms with Gasteiger partial charge in [0.2, 0.25) is 0 Å². The number of rotatable bonds is 4. The molecule has 2 N–H and O–H groups in total. The van der Waals surface area contributed by atoms with E-state index < -0.39 is 0 Å². The summed E-state index contributed by atoms with van der Waals surface area (Å²) in [4.78, 5) is 16.1. The maximum atomic E-state index is 13.3. The predicted octanol–water partition coefficient (Wildman–Crippen LogP) is 3.58. The third-order valence-electron chi connectivity index (χ3n) is 3.66. The number of nitrogen functional groups attached to an aromatic ring is 1. The van der Waals surface area contributed by atoms with E-state index in [-0.39, 0.29) is 17.8 Å². The molecule has 1 aliphatic carbocycles. The molecule has 1 heterocycles. The maximum absolute atomic E-state index is 13.3. The summed E-state index contributed by atoms with van der Waals surface area (Å²) in [6.07, 6.45) is 2.03. The molecule has 110 valence electrons. The average Bonchev–Trinajstić information content (AvgIpc) is 3.22. The second kappa shape index (κ2) is 5.48. The van der Waals surface area contributed by atoms with Crippen LogP contribution in [0.5, 0.6) is 0 Å². The van der Waals surface area contributed by atoms with E-state index in [9.17, 15) is 9.18 Å². The largest absolute Gasteiger partial charge is 0.398 e. The Bertz CT molecular complexity index is 659. The van der Waals surface area contributed by atoms with E-state index in [0.717, 1.165) is 23.3 Å². The van der Waals surface area contributed by atoms with Crippen LogP contribution in [0.3, 0.4) is 0 Å². The molecule has 1 aromatic carbocycles. The molecule has 0 spiro atoms. The Morgan fingerprint density at radius 3 is 2.76 bits per heavy atom. The van der Waals surface area contributed by atoms with Crippen molar-refractivity contribution >= 4 is 22.9 Å². The molecule has 1 aliphatic rings. The minimum Gasteiger partial charge on any atom is -0.398 e. The lowest BCUT2D eigenvalue weighted by molar-refractivity contribution is 0.0734. The minimum atomic E-state index is -0.271. The molecule has 1 saturated carbocycles. The van der Waals surface area contributed by atoms with Crippen molar-refractivity contribution in [1.82, 2.24) is 4.90 Å². The highest BCUT2D eigenvalue weighted by atomic mass is 32.1. The van der Waals surface area contributed by atoms with E-state index >= 15 is 0 Å². The summed E-state index contributed by atoms with van der Waals surface area (Å²) in [5.74, 6) is -0.279. The second-order valence-electron chi connectivity index (χ2n) is 5.42. The quantitative estimate of drug-likeness (QED) is 0.938. The fourth-order valence-corrected chi connectivity index (χ4v) is 3.23. The minimum absolute atomic E-state index is 0.00781. The number of hydrogen-bond donors (Lipinski definition) is 1. The molecule has 0 unspecified atom stereocenters. The molecule has 1 amide bonds. The first-order valence-electron chi connectivity index (χ1n) is 6.96. The zero-order valence-electron chi connectivity index (χ0n) is 11.8. The molecule has 3 nitrogen and oxygen atoms in total. The molecule has 0 bridgehead atoms. The number of halogens is 1. The van der Waals surface area contributed by atoms with E-state index in [1.807, 2.05) is 17.9 Å². The van der Waals surface area contributed by atoms with Gasteiger partial charge in [-0.05, 0) is 43.5 Å². The van der Waals surface area contributed by atoms with Gasteiger partial charge >= 0.3 is 0 Å². The molecule has 1 fully saturated rings. The fraction of sp³-hybridized carbons (Fsp3) is 0.312. The van der Waals surface area contributed by atoms with E-state index in [0.29, 0.717) is 17.1 Å². The van der Waals surface area contributed by atoms with Gasteiger partial charge in [0.25, 0.3) is 5.91 Å². The average molecular weight is 304 g/mol. The molecular formula is C16H17FN2OS. The molecule has 1 aromatic heterocycles. The van der Waals surface area contributed by atoms with Crippen LogP contribution < -0.4 is 5.73 Å². The number of nitrogens with zero attached hydrogens (tertiary/aromatic N) is 1. The number of anilines is 1. The van der Waals surface area contributed by atoms with Gasteiger partial charge in [-0.15, -0.1) is 11.3 Å². The zero-order chi connectivity index (χ0) is 15.0. The first kappa shape index (κ1) is 14.1. The highest BCUT2D eigenvalue weighted by molar-refractivity contribution is 7.14. The van der Waals surface area contributed by atoms with Gasteiger partial charge in [0, 0.05) is 23.2 Å². The van der Waals surface area contributed by atoms with Crippen LogP contribution in [0.1, 0.15) is 33.0 Å². The zero-order valence-corrected chi connectivity index (χ0v) is 12.6. The molecule has 21 heavy (non-hydrogen) atoms. The Hall–Kier alpha value is -1.88. The van der Waals surface area contributed by atoms with E-state index in [2.05, 4.69) is 0 Å². The van der Waals surface area contributed by atoms with Gasteiger partial charge in [0.1, 0.15) is 5.82 Å². The Morgan fingerprint density at radius 2 is 2.19 bits per heavy atom. The number of hydrogen-bond acceptors (Lipinski definition) is 3. The monoisotopic (exact) mass is 304 g/mol. The molecule has 0 radical (unpaired) electrons. The molecule has 0 saturated heterocycles. The molecular weight excluding hydrogens is 287 g/mol. The van der Waals surface area contributed by atoms with Crippen molar-refractivity contribution in [1.29, 1.82) is 0 Å².